The molecule has 1 aromatic carbocycles. The molecule has 0 saturated carbocycles. The van der Waals surface area contributed by atoms with Gasteiger partial charge in [-0.05, 0) is 26.0 Å². The first-order valence-corrected chi connectivity index (χ1v) is 7.09. The van der Waals surface area contributed by atoms with Crippen LogP contribution in [0.2, 0.25) is 0 Å². The molecule has 22 heavy (non-hydrogen) atoms. The summed E-state index contributed by atoms with van der Waals surface area (Å²) < 4.78 is 44.8. The smallest absolute Gasteiger partial charge is 0.372 e. The fraction of sp³-hybridized carbons (Fsp3) is 0.467. The molecule has 3 rings (SSSR count). The lowest BCUT2D eigenvalue weighted by Crippen LogP contribution is -2.46. The summed E-state index contributed by atoms with van der Waals surface area (Å²) >= 11 is 0. The van der Waals surface area contributed by atoms with Crippen molar-refractivity contribution < 1.29 is 17.9 Å². The second kappa shape index (κ2) is 5.39. The van der Waals surface area contributed by atoms with Crippen LogP contribution in [0.15, 0.2) is 24.3 Å². The Hall–Kier alpha value is -1.89. The fourth-order valence-corrected chi connectivity index (χ4v) is 2.78. The quantitative estimate of drug-likeness (QED) is 0.810. The molecule has 2 aromatic rings. The number of fused-ring (bicyclic) bond motifs is 1. The Bertz CT molecular complexity index is 679. The Morgan fingerprint density at radius 1 is 1.09 bits per heavy atom. The molecule has 7 heteroatoms. The molecule has 118 valence electrons. The van der Waals surface area contributed by atoms with Gasteiger partial charge < -0.3 is 9.64 Å². The zero-order valence-corrected chi connectivity index (χ0v) is 12.3. The van der Waals surface area contributed by atoms with Gasteiger partial charge in [0.05, 0.1) is 17.7 Å². The zero-order valence-electron chi connectivity index (χ0n) is 12.3. The summed E-state index contributed by atoms with van der Waals surface area (Å²) in [6.45, 7) is 4.80. The van der Waals surface area contributed by atoms with E-state index in [4.69, 9.17) is 4.74 Å². The highest BCUT2D eigenvalue weighted by Crippen LogP contribution is 2.32. The highest BCUT2D eigenvalue weighted by atomic mass is 19.4. The minimum Gasteiger partial charge on any atom is -0.372 e. The van der Waals surface area contributed by atoms with Gasteiger partial charge >= 0.3 is 6.18 Å². The van der Waals surface area contributed by atoms with Crippen LogP contribution in [0.5, 0.6) is 0 Å². The molecule has 2 heterocycles. The number of ether oxygens (including phenoxy) is 1. The van der Waals surface area contributed by atoms with Crippen molar-refractivity contribution >= 4 is 16.7 Å². The molecule has 0 spiro atoms. The molecule has 0 amide bonds. The third-order valence-electron chi connectivity index (χ3n) is 3.56. The van der Waals surface area contributed by atoms with E-state index < -0.39 is 12.0 Å². The third-order valence-corrected chi connectivity index (χ3v) is 3.56. The van der Waals surface area contributed by atoms with Gasteiger partial charge in [-0.15, -0.1) is 0 Å². The fourth-order valence-electron chi connectivity index (χ4n) is 2.78. The standard InChI is InChI=1S/C15H16F3N3O/c1-9-7-21(8-10(2)22-9)13-11-5-3-4-6-12(11)19-14(20-13)15(16,17)18/h3-6,9-10H,7-8H2,1-2H3/t9-,10+. The van der Waals surface area contributed by atoms with Gasteiger partial charge in [0.1, 0.15) is 5.82 Å². The van der Waals surface area contributed by atoms with Gasteiger partial charge in [-0.25, -0.2) is 9.97 Å². The van der Waals surface area contributed by atoms with E-state index in [1.807, 2.05) is 18.7 Å². The Kier molecular flexibility index (Phi) is 3.68. The van der Waals surface area contributed by atoms with Crippen LogP contribution in [0.25, 0.3) is 10.9 Å². The van der Waals surface area contributed by atoms with E-state index in [2.05, 4.69) is 9.97 Å². The molecule has 1 aromatic heterocycles. The number of nitrogens with zero attached hydrogens (tertiary/aromatic N) is 3. The topological polar surface area (TPSA) is 38.2 Å². The first kappa shape index (κ1) is 15.0. The van der Waals surface area contributed by atoms with Gasteiger partial charge in [-0.1, -0.05) is 12.1 Å². The number of benzene rings is 1. The number of hydrogen-bond acceptors (Lipinski definition) is 4. The lowest BCUT2D eigenvalue weighted by Gasteiger charge is -2.36. The highest BCUT2D eigenvalue weighted by molar-refractivity contribution is 5.89. The number of alkyl halides is 3. The van der Waals surface area contributed by atoms with Crippen LogP contribution in [0, 0.1) is 0 Å². The van der Waals surface area contributed by atoms with Crippen LogP contribution in [0.3, 0.4) is 0 Å². The van der Waals surface area contributed by atoms with E-state index in [0.29, 0.717) is 29.8 Å². The number of halogens is 3. The normalized spacial score (nSPS) is 23.0. The molecule has 4 nitrogen and oxygen atoms in total. The Balaban J connectivity index is 2.14. The van der Waals surface area contributed by atoms with Gasteiger partial charge in [0.25, 0.3) is 0 Å². The molecule has 1 aliphatic heterocycles. The first-order valence-electron chi connectivity index (χ1n) is 7.09. The number of anilines is 1. The minimum absolute atomic E-state index is 0.0631. The molecule has 1 saturated heterocycles. The maximum atomic E-state index is 13.0. The number of para-hydroxylation sites is 1. The molecule has 1 aliphatic rings. The summed E-state index contributed by atoms with van der Waals surface area (Å²) in [5.41, 5.74) is 0.298. The first-order chi connectivity index (χ1) is 10.3. The Labute approximate surface area is 125 Å². The molecule has 0 bridgehead atoms. The van der Waals surface area contributed by atoms with Crippen molar-refractivity contribution in [1.29, 1.82) is 0 Å². The maximum Gasteiger partial charge on any atom is 0.451 e. The monoisotopic (exact) mass is 311 g/mol. The van der Waals surface area contributed by atoms with Crippen molar-refractivity contribution in [3.63, 3.8) is 0 Å². The minimum atomic E-state index is -4.57. The summed E-state index contributed by atoms with van der Waals surface area (Å²) in [6, 6.07) is 6.76. The van der Waals surface area contributed by atoms with Gasteiger partial charge in [0, 0.05) is 18.5 Å². The average Bonchev–Trinajstić information content (AvgIpc) is 2.44. The van der Waals surface area contributed by atoms with E-state index in [1.54, 1.807) is 24.3 Å². The summed E-state index contributed by atoms with van der Waals surface area (Å²) in [6.07, 6.45) is -4.69. The van der Waals surface area contributed by atoms with Crippen LogP contribution in [0.4, 0.5) is 19.0 Å². The summed E-state index contributed by atoms with van der Waals surface area (Å²) in [5, 5.41) is 0.622. The van der Waals surface area contributed by atoms with Crippen molar-refractivity contribution in [2.45, 2.75) is 32.2 Å². The van der Waals surface area contributed by atoms with Crippen molar-refractivity contribution in [2.24, 2.45) is 0 Å². The highest BCUT2D eigenvalue weighted by Gasteiger charge is 2.36. The van der Waals surface area contributed by atoms with E-state index in [1.165, 1.54) is 0 Å². The predicted molar refractivity (Wildman–Crippen MR) is 76.8 cm³/mol. The van der Waals surface area contributed by atoms with Gasteiger partial charge in [-0.2, -0.15) is 13.2 Å². The second-order valence-corrected chi connectivity index (χ2v) is 5.55. The maximum absolute atomic E-state index is 13.0. The van der Waals surface area contributed by atoms with Crippen LogP contribution < -0.4 is 4.90 Å². The predicted octanol–water partition coefficient (Wildman–Crippen LogP) is 3.26. The Morgan fingerprint density at radius 2 is 1.73 bits per heavy atom. The van der Waals surface area contributed by atoms with Crippen LogP contribution in [-0.4, -0.2) is 35.3 Å². The second-order valence-electron chi connectivity index (χ2n) is 5.55. The number of rotatable bonds is 1. The number of hydrogen-bond donors (Lipinski definition) is 0. The molecular formula is C15H16F3N3O. The van der Waals surface area contributed by atoms with Crippen LogP contribution in [0.1, 0.15) is 19.7 Å². The van der Waals surface area contributed by atoms with Crippen molar-refractivity contribution in [1.82, 2.24) is 9.97 Å². The van der Waals surface area contributed by atoms with E-state index in [-0.39, 0.29) is 12.2 Å². The lowest BCUT2D eigenvalue weighted by atomic mass is 10.2. The summed E-state index contributed by atoms with van der Waals surface area (Å²) in [7, 11) is 0. The van der Waals surface area contributed by atoms with Crippen molar-refractivity contribution in [3.8, 4) is 0 Å². The molecule has 0 unspecified atom stereocenters. The number of morpholine rings is 1. The van der Waals surface area contributed by atoms with Crippen molar-refractivity contribution in [3.05, 3.63) is 30.1 Å². The summed E-state index contributed by atoms with van der Waals surface area (Å²) in [5.74, 6) is -0.784. The molecule has 0 N–H and O–H groups in total. The van der Waals surface area contributed by atoms with Gasteiger partial charge in [-0.3, -0.25) is 0 Å². The Morgan fingerprint density at radius 3 is 2.36 bits per heavy atom. The zero-order chi connectivity index (χ0) is 15.9. The van der Waals surface area contributed by atoms with E-state index >= 15 is 0 Å². The molecular weight excluding hydrogens is 295 g/mol. The van der Waals surface area contributed by atoms with Crippen molar-refractivity contribution in [2.75, 3.05) is 18.0 Å². The molecule has 0 radical (unpaired) electrons. The molecule has 2 atom stereocenters. The van der Waals surface area contributed by atoms with Crippen LogP contribution in [-0.2, 0) is 10.9 Å². The van der Waals surface area contributed by atoms with E-state index in [0.717, 1.165) is 0 Å². The van der Waals surface area contributed by atoms with E-state index in [9.17, 15) is 13.2 Å². The van der Waals surface area contributed by atoms with Gasteiger partial charge in [0.2, 0.25) is 5.82 Å². The molecule has 0 aliphatic carbocycles. The molecule has 1 fully saturated rings. The largest absolute Gasteiger partial charge is 0.451 e. The lowest BCUT2D eigenvalue weighted by molar-refractivity contribution is -0.144. The number of aromatic nitrogens is 2. The average molecular weight is 311 g/mol. The van der Waals surface area contributed by atoms with Crippen LogP contribution >= 0.6 is 0 Å². The summed E-state index contributed by atoms with van der Waals surface area (Å²) in [4.78, 5) is 9.29. The van der Waals surface area contributed by atoms with Gasteiger partial charge in [0.15, 0.2) is 0 Å². The third kappa shape index (κ3) is 2.85. The SMILES string of the molecule is C[C@@H]1CN(c2nc(C(F)(F)F)nc3ccccc23)C[C@H](C)O1.